The number of Topliss-reactive ketones (excluding diaryl/α,β-unsaturated/α-hetero) is 1. The van der Waals surface area contributed by atoms with Crippen molar-refractivity contribution in [1.82, 2.24) is 4.90 Å². The number of aryl methyl sites for hydroxylation is 2. The van der Waals surface area contributed by atoms with Gasteiger partial charge in [-0.15, -0.1) is 0 Å². The Bertz CT molecular complexity index is 547. The van der Waals surface area contributed by atoms with Gasteiger partial charge in [0.2, 0.25) is 0 Å². The summed E-state index contributed by atoms with van der Waals surface area (Å²) < 4.78 is 5.52. The van der Waals surface area contributed by atoms with Crippen LogP contribution in [0.3, 0.4) is 0 Å². The van der Waals surface area contributed by atoms with Gasteiger partial charge in [0, 0.05) is 12.5 Å². The van der Waals surface area contributed by atoms with Crippen LogP contribution in [-0.2, 0) is 12.8 Å². The maximum atomic E-state index is 12.9. The number of likely N-dealkylation sites (tertiary alicyclic amines) is 1. The highest BCUT2D eigenvalue weighted by molar-refractivity contribution is 6.00. The van der Waals surface area contributed by atoms with Crippen molar-refractivity contribution in [3.63, 3.8) is 0 Å². The van der Waals surface area contributed by atoms with E-state index in [9.17, 15) is 4.79 Å². The van der Waals surface area contributed by atoms with Gasteiger partial charge in [-0.3, -0.25) is 4.79 Å². The van der Waals surface area contributed by atoms with Gasteiger partial charge in [0.05, 0.1) is 12.7 Å². The topological polar surface area (TPSA) is 29.5 Å². The first-order valence-electron chi connectivity index (χ1n) is 8.65. The molecular weight excluding hydrogens is 274 g/mol. The van der Waals surface area contributed by atoms with Crippen molar-refractivity contribution in [2.45, 2.75) is 45.4 Å². The molecule has 120 valence electrons. The Morgan fingerprint density at radius 1 is 1.14 bits per heavy atom. The van der Waals surface area contributed by atoms with Crippen molar-refractivity contribution < 1.29 is 9.53 Å². The highest BCUT2D eigenvalue weighted by atomic mass is 16.5. The summed E-state index contributed by atoms with van der Waals surface area (Å²) in [5, 5.41) is 0. The van der Waals surface area contributed by atoms with Gasteiger partial charge in [-0.05, 0) is 74.9 Å². The van der Waals surface area contributed by atoms with Crippen LogP contribution < -0.4 is 4.74 Å². The third-order valence-corrected chi connectivity index (χ3v) is 5.11. The normalized spacial score (nSPS) is 19.7. The molecule has 0 amide bonds. The minimum Gasteiger partial charge on any atom is -0.496 e. The molecule has 1 atom stereocenters. The Balaban J connectivity index is 1.80. The molecule has 22 heavy (non-hydrogen) atoms. The first kappa shape index (κ1) is 15.5. The number of rotatable bonds is 5. The van der Waals surface area contributed by atoms with Gasteiger partial charge in [-0.2, -0.15) is 0 Å². The van der Waals surface area contributed by atoms with Crippen molar-refractivity contribution in [2.24, 2.45) is 5.92 Å². The lowest BCUT2D eigenvalue weighted by Crippen LogP contribution is -2.29. The van der Waals surface area contributed by atoms with E-state index in [-0.39, 0.29) is 11.7 Å². The van der Waals surface area contributed by atoms with Crippen LogP contribution in [-0.4, -0.2) is 37.4 Å². The van der Waals surface area contributed by atoms with Crippen LogP contribution in [0.5, 0.6) is 5.75 Å². The molecule has 1 aromatic rings. The first-order chi connectivity index (χ1) is 10.7. The molecule has 1 unspecified atom stereocenters. The SMILES string of the molecule is COc1cc2c(cc1C(=O)C(C)CN1CCCC1)CCCC2. The highest BCUT2D eigenvalue weighted by Gasteiger charge is 2.24. The Kier molecular flexibility index (Phi) is 4.82. The predicted octanol–water partition coefficient (Wildman–Crippen LogP) is 3.49. The fourth-order valence-electron chi connectivity index (χ4n) is 3.83. The number of ketones is 1. The standard InChI is InChI=1S/C19H27NO2/c1-14(13-20-9-5-6-10-20)19(21)17-11-15-7-3-4-8-16(15)12-18(17)22-2/h11-12,14H,3-10,13H2,1-2H3. The number of benzene rings is 1. The van der Waals surface area contributed by atoms with Crippen molar-refractivity contribution in [3.8, 4) is 5.75 Å². The highest BCUT2D eigenvalue weighted by Crippen LogP contribution is 2.31. The molecular formula is C19H27NO2. The molecule has 1 saturated heterocycles. The Hall–Kier alpha value is -1.35. The predicted molar refractivity (Wildman–Crippen MR) is 88.8 cm³/mol. The Labute approximate surface area is 133 Å². The van der Waals surface area contributed by atoms with Crippen LogP contribution in [0.25, 0.3) is 0 Å². The van der Waals surface area contributed by atoms with Crippen LogP contribution in [0.15, 0.2) is 12.1 Å². The van der Waals surface area contributed by atoms with E-state index >= 15 is 0 Å². The van der Waals surface area contributed by atoms with E-state index in [1.807, 2.05) is 0 Å². The summed E-state index contributed by atoms with van der Waals surface area (Å²) in [5.41, 5.74) is 3.51. The van der Waals surface area contributed by atoms with E-state index in [0.717, 1.165) is 43.8 Å². The Morgan fingerprint density at radius 2 is 1.77 bits per heavy atom. The second kappa shape index (κ2) is 6.82. The lowest BCUT2D eigenvalue weighted by molar-refractivity contribution is 0.0899. The summed E-state index contributed by atoms with van der Waals surface area (Å²) in [7, 11) is 1.67. The minimum absolute atomic E-state index is 0.0358. The van der Waals surface area contributed by atoms with Gasteiger partial charge < -0.3 is 9.64 Å². The van der Waals surface area contributed by atoms with Gasteiger partial charge >= 0.3 is 0 Å². The van der Waals surface area contributed by atoms with E-state index in [2.05, 4.69) is 24.0 Å². The number of ether oxygens (including phenoxy) is 1. The molecule has 1 fully saturated rings. The monoisotopic (exact) mass is 301 g/mol. The minimum atomic E-state index is 0.0358. The average Bonchev–Trinajstić information content (AvgIpc) is 3.05. The van der Waals surface area contributed by atoms with Crippen molar-refractivity contribution >= 4 is 5.78 Å². The van der Waals surface area contributed by atoms with Gasteiger partial charge in [0.1, 0.15) is 5.75 Å². The maximum Gasteiger partial charge on any atom is 0.170 e. The largest absolute Gasteiger partial charge is 0.496 e. The van der Waals surface area contributed by atoms with Crippen LogP contribution >= 0.6 is 0 Å². The fourth-order valence-corrected chi connectivity index (χ4v) is 3.83. The van der Waals surface area contributed by atoms with E-state index in [0.29, 0.717) is 0 Å². The number of nitrogens with zero attached hydrogens (tertiary/aromatic N) is 1. The quantitative estimate of drug-likeness (QED) is 0.780. The summed E-state index contributed by atoms with van der Waals surface area (Å²) in [5.74, 6) is 1.03. The van der Waals surface area contributed by atoms with Crippen LogP contribution in [0.2, 0.25) is 0 Å². The molecule has 0 aromatic heterocycles. The third kappa shape index (κ3) is 3.19. The number of methoxy groups -OCH3 is 1. The summed E-state index contributed by atoms with van der Waals surface area (Å²) in [6.45, 7) is 5.20. The molecule has 2 aliphatic rings. The molecule has 0 spiro atoms. The van der Waals surface area contributed by atoms with Gasteiger partial charge in [-0.1, -0.05) is 6.92 Å². The number of hydrogen-bond donors (Lipinski definition) is 0. The molecule has 1 aromatic carbocycles. The zero-order valence-electron chi connectivity index (χ0n) is 13.9. The average molecular weight is 301 g/mol. The molecule has 3 heteroatoms. The molecule has 1 heterocycles. The van der Waals surface area contributed by atoms with Crippen LogP contribution in [0.1, 0.15) is 54.1 Å². The second-order valence-electron chi connectivity index (χ2n) is 6.80. The van der Waals surface area contributed by atoms with Crippen molar-refractivity contribution in [3.05, 3.63) is 28.8 Å². The smallest absolute Gasteiger partial charge is 0.170 e. The third-order valence-electron chi connectivity index (χ3n) is 5.11. The zero-order valence-corrected chi connectivity index (χ0v) is 13.9. The number of carbonyl (C=O) groups is 1. The first-order valence-corrected chi connectivity index (χ1v) is 8.65. The maximum absolute atomic E-state index is 12.9. The van der Waals surface area contributed by atoms with E-state index in [4.69, 9.17) is 4.74 Å². The molecule has 0 saturated carbocycles. The Morgan fingerprint density at radius 3 is 2.41 bits per heavy atom. The van der Waals surface area contributed by atoms with E-state index < -0.39 is 0 Å². The fraction of sp³-hybridized carbons (Fsp3) is 0.632. The van der Waals surface area contributed by atoms with Crippen LogP contribution in [0.4, 0.5) is 0 Å². The molecule has 0 radical (unpaired) electrons. The van der Waals surface area contributed by atoms with Crippen LogP contribution in [0, 0.1) is 5.92 Å². The summed E-state index contributed by atoms with van der Waals surface area (Å²) in [4.78, 5) is 15.3. The lowest BCUT2D eigenvalue weighted by atomic mass is 9.87. The summed E-state index contributed by atoms with van der Waals surface area (Å²) in [6, 6.07) is 4.21. The van der Waals surface area contributed by atoms with Gasteiger partial charge in [0.25, 0.3) is 0 Å². The molecule has 1 aliphatic heterocycles. The summed E-state index contributed by atoms with van der Waals surface area (Å²) in [6.07, 6.45) is 7.22. The van der Waals surface area contributed by atoms with Crippen molar-refractivity contribution in [1.29, 1.82) is 0 Å². The zero-order chi connectivity index (χ0) is 15.5. The molecule has 0 N–H and O–H groups in total. The molecule has 3 nitrogen and oxygen atoms in total. The summed E-state index contributed by atoms with van der Waals surface area (Å²) >= 11 is 0. The van der Waals surface area contributed by atoms with Gasteiger partial charge in [0.15, 0.2) is 5.78 Å². The molecule has 3 rings (SSSR count). The molecule has 1 aliphatic carbocycles. The van der Waals surface area contributed by atoms with E-state index in [1.165, 1.54) is 36.8 Å². The van der Waals surface area contributed by atoms with Gasteiger partial charge in [-0.25, -0.2) is 0 Å². The lowest BCUT2D eigenvalue weighted by Gasteiger charge is -2.22. The van der Waals surface area contributed by atoms with Crippen molar-refractivity contribution in [2.75, 3.05) is 26.7 Å². The number of fused-ring (bicyclic) bond motifs is 1. The number of carbonyl (C=O) groups excluding carboxylic acids is 1. The van der Waals surface area contributed by atoms with E-state index in [1.54, 1.807) is 7.11 Å². The second-order valence-corrected chi connectivity index (χ2v) is 6.80. The number of hydrogen-bond acceptors (Lipinski definition) is 3. The molecule has 0 bridgehead atoms.